The van der Waals surface area contributed by atoms with Crippen LogP contribution in [0.4, 0.5) is 11.4 Å². The van der Waals surface area contributed by atoms with E-state index >= 15 is 0 Å². The van der Waals surface area contributed by atoms with Crippen molar-refractivity contribution in [3.63, 3.8) is 0 Å². The molecule has 114 valence electrons. The van der Waals surface area contributed by atoms with Crippen molar-refractivity contribution in [3.8, 4) is 5.75 Å². The molecule has 0 atom stereocenters. The Bertz CT molecular complexity index is 718. The van der Waals surface area contributed by atoms with Gasteiger partial charge in [0.25, 0.3) is 5.69 Å². The number of non-ortho nitro benzene ring substituents is 1. The Balaban J connectivity index is 2.15. The Hall–Kier alpha value is -2.60. The number of rotatable bonds is 5. The standard InChI is InChI=1S/C15H13ClN2O4/c1-22-14-5-3-2-4-10(14)8-15(19)17-13-9-11(18(20)21)6-7-12(13)16/h2-7,9H,8H2,1H3,(H,17,19). The third kappa shape index (κ3) is 3.73. The summed E-state index contributed by atoms with van der Waals surface area (Å²) in [6.07, 6.45) is 0.0725. The summed E-state index contributed by atoms with van der Waals surface area (Å²) in [6, 6.07) is 11.0. The molecule has 0 aromatic heterocycles. The van der Waals surface area contributed by atoms with Crippen LogP contribution in [-0.2, 0) is 11.2 Å². The lowest BCUT2D eigenvalue weighted by Gasteiger charge is -2.09. The number of carbonyl (C=O) groups excluding carboxylic acids is 1. The van der Waals surface area contributed by atoms with Gasteiger partial charge in [-0.05, 0) is 12.1 Å². The van der Waals surface area contributed by atoms with E-state index in [4.69, 9.17) is 16.3 Å². The van der Waals surface area contributed by atoms with E-state index in [2.05, 4.69) is 5.32 Å². The number of ether oxygens (including phenoxy) is 1. The Labute approximate surface area is 131 Å². The van der Waals surface area contributed by atoms with Gasteiger partial charge in [0.05, 0.1) is 29.2 Å². The van der Waals surface area contributed by atoms with Gasteiger partial charge < -0.3 is 10.1 Å². The van der Waals surface area contributed by atoms with E-state index in [1.807, 2.05) is 0 Å². The largest absolute Gasteiger partial charge is 0.496 e. The van der Waals surface area contributed by atoms with Crippen molar-refractivity contribution in [2.45, 2.75) is 6.42 Å². The van der Waals surface area contributed by atoms with Crippen LogP contribution in [-0.4, -0.2) is 17.9 Å². The molecule has 0 aliphatic carbocycles. The number of hydrogen-bond acceptors (Lipinski definition) is 4. The minimum absolute atomic E-state index is 0.0725. The summed E-state index contributed by atoms with van der Waals surface area (Å²) in [5.41, 5.74) is 0.775. The second-order valence-corrected chi connectivity index (χ2v) is 4.87. The van der Waals surface area contributed by atoms with E-state index in [0.717, 1.165) is 0 Å². The van der Waals surface area contributed by atoms with E-state index in [1.54, 1.807) is 24.3 Å². The second kappa shape index (κ2) is 6.91. The molecule has 0 radical (unpaired) electrons. The van der Waals surface area contributed by atoms with Crippen molar-refractivity contribution < 1.29 is 14.5 Å². The molecule has 2 aromatic rings. The highest BCUT2D eigenvalue weighted by molar-refractivity contribution is 6.33. The molecule has 6 nitrogen and oxygen atoms in total. The number of halogens is 1. The van der Waals surface area contributed by atoms with E-state index in [0.29, 0.717) is 11.3 Å². The van der Waals surface area contributed by atoms with E-state index in [1.165, 1.54) is 25.3 Å². The average molecular weight is 321 g/mol. The predicted octanol–water partition coefficient (Wildman–Crippen LogP) is 3.44. The van der Waals surface area contributed by atoms with Crippen molar-refractivity contribution in [2.24, 2.45) is 0 Å². The molecule has 1 amide bonds. The second-order valence-electron chi connectivity index (χ2n) is 4.46. The summed E-state index contributed by atoms with van der Waals surface area (Å²) in [7, 11) is 1.52. The zero-order valence-electron chi connectivity index (χ0n) is 11.7. The van der Waals surface area contributed by atoms with Gasteiger partial charge in [0.1, 0.15) is 5.75 Å². The molecule has 0 bridgehead atoms. The number of nitrogens with one attached hydrogen (secondary N) is 1. The molecule has 2 aromatic carbocycles. The zero-order valence-corrected chi connectivity index (χ0v) is 12.5. The highest BCUT2D eigenvalue weighted by Crippen LogP contribution is 2.27. The lowest BCUT2D eigenvalue weighted by Crippen LogP contribution is -2.15. The Morgan fingerprint density at radius 3 is 2.73 bits per heavy atom. The summed E-state index contributed by atoms with van der Waals surface area (Å²) in [6.45, 7) is 0. The Morgan fingerprint density at radius 2 is 2.05 bits per heavy atom. The van der Waals surface area contributed by atoms with Gasteiger partial charge in [-0.15, -0.1) is 0 Å². The van der Waals surface area contributed by atoms with Gasteiger partial charge in [-0.2, -0.15) is 0 Å². The zero-order chi connectivity index (χ0) is 16.1. The number of methoxy groups -OCH3 is 1. The fraction of sp³-hybridized carbons (Fsp3) is 0.133. The van der Waals surface area contributed by atoms with Crippen molar-refractivity contribution in [2.75, 3.05) is 12.4 Å². The molecule has 0 aliphatic heterocycles. The van der Waals surface area contributed by atoms with Crippen LogP contribution < -0.4 is 10.1 Å². The quantitative estimate of drug-likeness (QED) is 0.676. The van der Waals surface area contributed by atoms with Crippen molar-refractivity contribution in [3.05, 3.63) is 63.2 Å². The lowest BCUT2D eigenvalue weighted by atomic mass is 10.1. The van der Waals surface area contributed by atoms with Crippen LogP contribution in [0, 0.1) is 10.1 Å². The van der Waals surface area contributed by atoms with E-state index in [9.17, 15) is 14.9 Å². The molecule has 1 N–H and O–H groups in total. The third-order valence-electron chi connectivity index (χ3n) is 2.98. The van der Waals surface area contributed by atoms with Crippen molar-refractivity contribution in [1.29, 1.82) is 0 Å². The summed E-state index contributed by atoms with van der Waals surface area (Å²) in [4.78, 5) is 22.3. The van der Waals surface area contributed by atoms with Gasteiger partial charge in [-0.25, -0.2) is 0 Å². The number of carbonyl (C=O) groups is 1. The molecule has 22 heavy (non-hydrogen) atoms. The summed E-state index contributed by atoms with van der Waals surface area (Å²) in [5, 5.41) is 13.6. The van der Waals surface area contributed by atoms with Crippen molar-refractivity contribution >= 4 is 28.9 Å². The number of nitro groups is 1. The predicted molar refractivity (Wildman–Crippen MR) is 83.4 cm³/mol. The number of hydrogen-bond donors (Lipinski definition) is 1. The maximum atomic E-state index is 12.1. The number of nitrogens with zero attached hydrogens (tertiary/aromatic N) is 1. The highest BCUT2D eigenvalue weighted by atomic mass is 35.5. The maximum Gasteiger partial charge on any atom is 0.271 e. The van der Waals surface area contributed by atoms with E-state index in [-0.39, 0.29) is 28.7 Å². The Kier molecular flexibility index (Phi) is 4.95. The van der Waals surface area contributed by atoms with Crippen LogP contribution in [0.2, 0.25) is 5.02 Å². The first-order valence-corrected chi connectivity index (χ1v) is 6.74. The van der Waals surface area contributed by atoms with Crippen LogP contribution in [0.3, 0.4) is 0 Å². The van der Waals surface area contributed by atoms with E-state index < -0.39 is 4.92 Å². The minimum atomic E-state index is -0.549. The SMILES string of the molecule is COc1ccccc1CC(=O)Nc1cc([N+](=O)[O-])ccc1Cl. The minimum Gasteiger partial charge on any atom is -0.496 e. The molecule has 2 rings (SSSR count). The molecular formula is C15H13ClN2O4. The molecule has 0 saturated carbocycles. The van der Waals surface area contributed by atoms with Crippen LogP contribution in [0.25, 0.3) is 0 Å². The van der Waals surface area contributed by atoms with Crippen LogP contribution >= 0.6 is 11.6 Å². The van der Waals surface area contributed by atoms with Crippen molar-refractivity contribution in [1.82, 2.24) is 0 Å². The summed E-state index contributed by atoms with van der Waals surface area (Å²) >= 11 is 5.94. The fourth-order valence-electron chi connectivity index (χ4n) is 1.94. The number of nitro benzene ring substituents is 1. The Morgan fingerprint density at radius 1 is 1.32 bits per heavy atom. The smallest absolute Gasteiger partial charge is 0.271 e. The fourth-order valence-corrected chi connectivity index (χ4v) is 2.10. The number of anilines is 1. The maximum absolute atomic E-state index is 12.1. The monoisotopic (exact) mass is 320 g/mol. The first-order chi connectivity index (χ1) is 10.5. The topological polar surface area (TPSA) is 81.5 Å². The molecule has 0 aliphatic rings. The van der Waals surface area contributed by atoms with Gasteiger partial charge in [0.15, 0.2) is 0 Å². The van der Waals surface area contributed by atoms with Gasteiger partial charge >= 0.3 is 0 Å². The first kappa shape index (κ1) is 15.8. The highest BCUT2D eigenvalue weighted by Gasteiger charge is 2.13. The average Bonchev–Trinajstić information content (AvgIpc) is 2.49. The number of amides is 1. The first-order valence-electron chi connectivity index (χ1n) is 6.37. The third-order valence-corrected chi connectivity index (χ3v) is 3.31. The summed E-state index contributed by atoms with van der Waals surface area (Å²) in [5.74, 6) is 0.259. The normalized spacial score (nSPS) is 10.1. The summed E-state index contributed by atoms with van der Waals surface area (Å²) < 4.78 is 5.18. The lowest BCUT2D eigenvalue weighted by molar-refractivity contribution is -0.384. The van der Waals surface area contributed by atoms with Gasteiger partial charge in [-0.1, -0.05) is 29.8 Å². The number of benzene rings is 2. The number of para-hydroxylation sites is 1. The van der Waals surface area contributed by atoms with Gasteiger partial charge in [0, 0.05) is 17.7 Å². The molecule has 0 heterocycles. The van der Waals surface area contributed by atoms with Gasteiger partial charge in [0.2, 0.25) is 5.91 Å². The molecule has 0 spiro atoms. The van der Waals surface area contributed by atoms with Gasteiger partial charge in [-0.3, -0.25) is 14.9 Å². The van der Waals surface area contributed by atoms with Crippen LogP contribution in [0.5, 0.6) is 5.75 Å². The van der Waals surface area contributed by atoms with Crippen LogP contribution in [0.1, 0.15) is 5.56 Å². The molecule has 7 heteroatoms. The van der Waals surface area contributed by atoms with Crippen LogP contribution in [0.15, 0.2) is 42.5 Å². The molecule has 0 fully saturated rings. The molecule has 0 saturated heterocycles. The molecular weight excluding hydrogens is 308 g/mol. The molecule has 0 unspecified atom stereocenters.